The van der Waals surface area contributed by atoms with Crippen molar-refractivity contribution < 1.29 is 29.0 Å². The largest absolute Gasteiger partial charge is 0.481 e. The van der Waals surface area contributed by atoms with E-state index in [1.54, 1.807) is 12.2 Å². The molecule has 1 saturated heterocycles. The number of alkyl carbamates (subject to hydrolysis) is 1. The molecule has 3 atom stereocenters. The van der Waals surface area contributed by atoms with Crippen LogP contribution in [0.4, 0.5) is 4.79 Å². The number of carbonyl (C=O) groups is 3. The number of rotatable bonds is 6. The lowest BCUT2D eigenvalue weighted by atomic mass is 9.90. The number of allylic oxidation sites excluding steroid dienone is 1. The second-order valence-electron chi connectivity index (χ2n) is 9.35. The molecule has 2 amide bonds. The number of ether oxygens (including phenoxy) is 2. The van der Waals surface area contributed by atoms with Crippen molar-refractivity contribution in [3.8, 4) is 11.1 Å². The summed E-state index contributed by atoms with van der Waals surface area (Å²) in [6, 6.07) is 15.7. The predicted octanol–water partition coefficient (Wildman–Crippen LogP) is 3.22. The maximum atomic E-state index is 13.2. The molecule has 1 aliphatic heterocycles. The quantitative estimate of drug-likeness (QED) is 0.552. The second-order valence-corrected chi connectivity index (χ2v) is 9.35. The molecule has 0 saturated carbocycles. The molecular weight excluding hydrogens is 448 g/mol. The number of fused-ring (bicyclic) bond motifs is 3. The van der Waals surface area contributed by atoms with Crippen LogP contribution in [0.15, 0.2) is 60.7 Å². The van der Waals surface area contributed by atoms with E-state index in [0.717, 1.165) is 22.3 Å². The highest BCUT2D eigenvalue weighted by Gasteiger charge is 2.45. The van der Waals surface area contributed by atoms with Gasteiger partial charge in [-0.3, -0.25) is 9.59 Å². The lowest BCUT2D eigenvalue weighted by Crippen LogP contribution is -2.61. The minimum atomic E-state index is -1.26. The van der Waals surface area contributed by atoms with Gasteiger partial charge in [0.1, 0.15) is 12.1 Å². The summed E-state index contributed by atoms with van der Waals surface area (Å²) in [4.78, 5) is 37.4. The summed E-state index contributed by atoms with van der Waals surface area (Å²) in [6.07, 6.45) is 3.93. The highest BCUT2D eigenvalue weighted by atomic mass is 16.6. The van der Waals surface area contributed by atoms with Crippen LogP contribution in [0, 0.1) is 5.92 Å². The molecule has 1 fully saturated rings. The number of hydrogen-bond acceptors (Lipinski definition) is 5. The summed E-state index contributed by atoms with van der Waals surface area (Å²) in [6.45, 7) is 0.501. The highest BCUT2D eigenvalue weighted by Crippen LogP contribution is 2.44. The molecule has 1 unspecified atom stereocenters. The smallest absolute Gasteiger partial charge is 0.408 e. The molecule has 0 aromatic heterocycles. The van der Waals surface area contributed by atoms with E-state index in [4.69, 9.17) is 9.47 Å². The first-order chi connectivity index (χ1) is 17.0. The Morgan fingerprint density at radius 1 is 1.06 bits per heavy atom. The second kappa shape index (κ2) is 9.54. The van der Waals surface area contributed by atoms with Crippen LogP contribution >= 0.6 is 0 Å². The molecule has 2 aromatic rings. The third-order valence-corrected chi connectivity index (χ3v) is 7.13. The molecule has 182 valence electrons. The van der Waals surface area contributed by atoms with E-state index in [0.29, 0.717) is 25.9 Å². The zero-order chi connectivity index (χ0) is 24.4. The van der Waals surface area contributed by atoms with E-state index in [1.165, 1.54) is 0 Å². The SMILES string of the molecule is O=C(NC1(C(=O)N[C@@H]2C=CC[C@@H](C(=O)O)C2)CCOC1)OCC1c2ccccc2-c2ccccc21. The van der Waals surface area contributed by atoms with Crippen molar-refractivity contribution in [3.05, 3.63) is 71.8 Å². The molecule has 2 aliphatic carbocycles. The number of nitrogens with one attached hydrogen (secondary N) is 2. The number of hydrogen-bond donors (Lipinski definition) is 3. The summed E-state index contributed by atoms with van der Waals surface area (Å²) in [5.74, 6) is -1.91. The first-order valence-corrected chi connectivity index (χ1v) is 11.9. The van der Waals surface area contributed by atoms with Crippen LogP contribution in [0.5, 0.6) is 0 Å². The highest BCUT2D eigenvalue weighted by molar-refractivity contribution is 5.91. The molecular formula is C27H28N2O6. The van der Waals surface area contributed by atoms with E-state index < -0.39 is 35.5 Å². The van der Waals surface area contributed by atoms with Gasteiger partial charge in [0.15, 0.2) is 0 Å². The Balaban J connectivity index is 1.24. The van der Waals surface area contributed by atoms with Gasteiger partial charge in [0, 0.05) is 25.0 Å². The van der Waals surface area contributed by atoms with Gasteiger partial charge in [-0.05, 0) is 35.1 Å². The lowest BCUT2D eigenvalue weighted by Gasteiger charge is -2.30. The number of amides is 2. The Labute approximate surface area is 203 Å². The van der Waals surface area contributed by atoms with Gasteiger partial charge in [-0.2, -0.15) is 0 Å². The van der Waals surface area contributed by atoms with Gasteiger partial charge < -0.3 is 25.2 Å². The molecule has 5 rings (SSSR count). The van der Waals surface area contributed by atoms with E-state index in [2.05, 4.69) is 22.8 Å². The zero-order valence-electron chi connectivity index (χ0n) is 19.2. The number of carboxylic acid groups (broad SMARTS) is 1. The third-order valence-electron chi connectivity index (χ3n) is 7.13. The topological polar surface area (TPSA) is 114 Å². The van der Waals surface area contributed by atoms with Gasteiger partial charge in [-0.15, -0.1) is 0 Å². The molecule has 3 aliphatic rings. The van der Waals surface area contributed by atoms with Crippen LogP contribution in [-0.4, -0.2) is 54.5 Å². The van der Waals surface area contributed by atoms with Crippen LogP contribution in [0.2, 0.25) is 0 Å². The Kier molecular flexibility index (Phi) is 6.30. The van der Waals surface area contributed by atoms with Crippen molar-refractivity contribution >= 4 is 18.0 Å². The fourth-order valence-corrected chi connectivity index (χ4v) is 5.23. The number of carboxylic acids is 1. The Bertz CT molecular complexity index is 1120. The first-order valence-electron chi connectivity index (χ1n) is 11.9. The number of aliphatic carboxylic acids is 1. The van der Waals surface area contributed by atoms with Crippen LogP contribution in [-0.2, 0) is 19.1 Å². The summed E-state index contributed by atoms with van der Waals surface area (Å²) in [7, 11) is 0. The molecule has 8 heteroatoms. The van der Waals surface area contributed by atoms with E-state index in [1.807, 2.05) is 36.4 Å². The number of benzene rings is 2. The zero-order valence-corrected chi connectivity index (χ0v) is 19.2. The maximum absolute atomic E-state index is 13.2. The standard InChI is InChI=1S/C27H28N2O6/c30-24(31)17-6-5-7-18(14-17)28-25(32)27(12-13-34-16-27)29-26(33)35-15-23-21-10-3-1-8-19(21)20-9-2-4-11-22(20)23/h1-5,7-11,17-18,23H,6,12-16H2,(H,28,32)(H,29,33)(H,30,31)/t17-,18-,27?/m1/s1. The average Bonchev–Trinajstić information content (AvgIpc) is 3.46. The summed E-state index contributed by atoms with van der Waals surface area (Å²) < 4.78 is 11.1. The minimum Gasteiger partial charge on any atom is -0.481 e. The van der Waals surface area contributed by atoms with Crippen LogP contribution in [0.3, 0.4) is 0 Å². The van der Waals surface area contributed by atoms with Crippen molar-refractivity contribution in [2.75, 3.05) is 19.8 Å². The molecule has 0 spiro atoms. The molecule has 1 heterocycles. The summed E-state index contributed by atoms with van der Waals surface area (Å²) >= 11 is 0. The van der Waals surface area contributed by atoms with Crippen LogP contribution in [0.1, 0.15) is 36.3 Å². The lowest BCUT2D eigenvalue weighted by molar-refractivity contribution is -0.142. The molecule has 2 aromatic carbocycles. The monoisotopic (exact) mass is 476 g/mol. The van der Waals surface area contributed by atoms with Crippen LogP contribution < -0.4 is 10.6 Å². The van der Waals surface area contributed by atoms with E-state index in [9.17, 15) is 19.5 Å². The predicted molar refractivity (Wildman–Crippen MR) is 128 cm³/mol. The molecule has 35 heavy (non-hydrogen) atoms. The third kappa shape index (κ3) is 4.53. The number of carbonyl (C=O) groups excluding carboxylic acids is 2. The Hall–Kier alpha value is -3.65. The van der Waals surface area contributed by atoms with Gasteiger partial charge in [0.2, 0.25) is 5.91 Å². The Morgan fingerprint density at radius 3 is 2.37 bits per heavy atom. The molecule has 0 bridgehead atoms. The van der Waals surface area contributed by atoms with Crippen molar-refractivity contribution in [1.29, 1.82) is 0 Å². The molecule has 0 radical (unpaired) electrons. The summed E-state index contributed by atoms with van der Waals surface area (Å²) in [5.41, 5.74) is 3.23. The summed E-state index contributed by atoms with van der Waals surface area (Å²) in [5, 5.41) is 14.9. The normalized spacial score (nSPS) is 24.9. The minimum absolute atomic E-state index is 0.0296. The van der Waals surface area contributed by atoms with Gasteiger partial charge in [0.05, 0.1) is 12.5 Å². The van der Waals surface area contributed by atoms with E-state index in [-0.39, 0.29) is 19.1 Å². The van der Waals surface area contributed by atoms with Crippen molar-refractivity contribution in [1.82, 2.24) is 10.6 Å². The Morgan fingerprint density at radius 2 is 1.74 bits per heavy atom. The van der Waals surface area contributed by atoms with Crippen molar-refractivity contribution in [2.45, 2.75) is 36.8 Å². The average molecular weight is 477 g/mol. The fraction of sp³-hybridized carbons (Fsp3) is 0.370. The maximum Gasteiger partial charge on any atom is 0.408 e. The van der Waals surface area contributed by atoms with Gasteiger partial charge >= 0.3 is 12.1 Å². The molecule has 8 nitrogen and oxygen atoms in total. The van der Waals surface area contributed by atoms with Crippen LogP contribution in [0.25, 0.3) is 11.1 Å². The first kappa shape index (κ1) is 23.1. The van der Waals surface area contributed by atoms with Gasteiger partial charge in [0.25, 0.3) is 0 Å². The van der Waals surface area contributed by atoms with Crippen molar-refractivity contribution in [2.24, 2.45) is 5.92 Å². The van der Waals surface area contributed by atoms with E-state index >= 15 is 0 Å². The fourth-order valence-electron chi connectivity index (χ4n) is 5.23. The van der Waals surface area contributed by atoms with Crippen molar-refractivity contribution in [3.63, 3.8) is 0 Å². The van der Waals surface area contributed by atoms with Gasteiger partial charge in [-0.25, -0.2) is 4.79 Å². The molecule has 3 N–H and O–H groups in total. The van der Waals surface area contributed by atoms with Gasteiger partial charge in [-0.1, -0.05) is 60.7 Å².